The molecule has 1 unspecified atom stereocenters. The van der Waals surface area contributed by atoms with Gasteiger partial charge in [-0.2, -0.15) is 0 Å². The third kappa shape index (κ3) is 6.06. The highest BCUT2D eigenvalue weighted by Crippen LogP contribution is 2.28. The Morgan fingerprint density at radius 2 is 2.04 bits per heavy atom. The van der Waals surface area contributed by atoms with Crippen molar-refractivity contribution in [3.05, 3.63) is 47.9 Å². The van der Waals surface area contributed by atoms with Crippen LogP contribution in [0, 0.1) is 0 Å². The summed E-state index contributed by atoms with van der Waals surface area (Å²) in [7, 11) is 1.58. The normalized spacial score (nSPS) is 11.5. The van der Waals surface area contributed by atoms with Crippen LogP contribution in [0.3, 0.4) is 0 Å². The van der Waals surface area contributed by atoms with Gasteiger partial charge in [0.1, 0.15) is 6.04 Å². The van der Waals surface area contributed by atoms with E-state index in [2.05, 4.69) is 17.6 Å². The average molecular weight is 374 g/mol. The highest BCUT2D eigenvalue weighted by atomic mass is 16.5. The first-order valence-corrected chi connectivity index (χ1v) is 8.97. The molecule has 0 aliphatic carbocycles. The number of carbonyl (C=O) groups excluding carboxylic acids is 2. The molecule has 0 saturated heterocycles. The molecule has 27 heavy (non-hydrogen) atoms. The highest BCUT2D eigenvalue weighted by Gasteiger charge is 2.18. The molecule has 0 bridgehead atoms. The van der Waals surface area contributed by atoms with Gasteiger partial charge in [-0.15, -0.1) is 0 Å². The van der Waals surface area contributed by atoms with E-state index >= 15 is 0 Å². The summed E-state index contributed by atoms with van der Waals surface area (Å²) in [6, 6.07) is 7.99. The minimum absolute atomic E-state index is 0.165. The van der Waals surface area contributed by atoms with Gasteiger partial charge in [-0.1, -0.05) is 19.4 Å². The molecule has 2 N–H and O–H groups in total. The second-order valence-electron chi connectivity index (χ2n) is 6.08. The van der Waals surface area contributed by atoms with Crippen LogP contribution in [0.4, 0.5) is 0 Å². The molecule has 2 rings (SSSR count). The van der Waals surface area contributed by atoms with E-state index < -0.39 is 11.9 Å². The number of carbonyl (C=O) groups is 2. The van der Waals surface area contributed by atoms with Crippen molar-refractivity contribution in [1.82, 2.24) is 10.6 Å². The Balaban J connectivity index is 1.87. The van der Waals surface area contributed by atoms with E-state index in [-0.39, 0.29) is 11.7 Å². The van der Waals surface area contributed by atoms with E-state index in [4.69, 9.17) is 13.9 Å². The fourth-order valence-corrected chi connectivity index (χ4v) is 2.35. The SMILES string of the molecule is CCCCOc1ccc(CNC(=O)C(C)NC(=O)c2ccco2)cc1OC. The predicted molar refractivity (Wildman–Crippen MR) is 101 cm³/mol. The van der Waals surface area contributed by atoms with Crippen molar-refractivity contribution in [3.8, 4) is 11.5 Å². The van der Waals surface area contributed by atoms with Crippen LogP contribution in [-0.2, 0) is 11.3 Å². The van der Waals surface area contributed by atoms with Crippen LogP contribution in [0.1, 0.15) is 42.8 Å². The number of hydrogen-bond donors (Lipinski definition) is 2. The Bertz CT molecular complexity index is 743. The summed E-state index contributed by atoms with van der Waals surface area (Å²) in [5, 5.41) is 5.38. The Morgan fingerprint density at radius 1 is 1.22 bits per heavy atom. The molecule has 1 aromatic heterocycles. The van der Waals surface area contributed by atoms with Gasteiger partial charge >= 0.3 is 0 Å². The summed E-state index contributed by atoms with van der Waals surface area (Å²) >= 11 is 0. The van der Waals surface area contributed by atoms with Gasteiger partial charge in [0.05, 0.1) is 20.0 Å². The van der Waals surface area contributed by atoms with Crippen molar-refractivity contribution in [2.24, 2.45) is 0 Å². The van der Waals surface area contributed by atoms with Crippen LogP contribution in [-0.4, -0.2) is 31.6 Å². The quantitative estimate of drug-likeness (QED) is 0.624. The lowest BCUT2D eigenvalue weighted by atomic mass is 10.2. The number of nitrogens with one attached hydrogen (secondary N) is 2. The Kier molecular flexibility index (Phi) is 7.73. The molecule has 2 amide bonds. The number of amides is 2. The lowest BCUT2D eigenvalue weighted by Gasteiger charge is -2.15. The molecular formula is C20H26N2O5. The van der Waals surface area contributed by atoms with Crippen molar-refractivity contribution < 1.29 is 23.5 Å². The van der Waals surface area contributed by atoms with Crippen molar-refractivity contribution in [2.75, 3.05) is 13.7 Å². The third-order valence-electron chi connectivity index (χ3n) is 3.94. The number of rotatable bonds is 10. The van der Waals surface area contributed by atoms with Crippen molar-refractivity contribution in [3.63, 3.8) is 0 Å². The van der Waals surface area contributed by atoms with Gasteiger partial charge in [0, 0.05) is 6.54 Å². The second kappa shape index (κ2) is 10.3. The summed E-state index contributed by atoms with van der Waals surface area (Å²) in [6.45, 7) is 4.66. The van der Waals surface area contributed by atoms with Crippen LogP contribution in [0.25, 0.3) is 0 Å². The van der Waals surface area contributed by atoms with Gasteiger partial charge in [0.25, 0.3) is 5.91 Å². The summed E-state index contributed by atoms with van der Waals surface area (Å²) in [6.07, 6.45) is 3.44. The second-order valence-corrected chi connectivity index (χ2v) is 6.08. The zero-order chi connectivity index (χ0) is 19.6. The van der Waals surface area contributed by atoms with Crippen LogP contribution in [0.2, 0.25) is 0 Å². The molecule has 7 nitrogen and oxygen atoms in total. The smallest absolute Gasteiger partial charge is 0.287 e. The van der Waals surface area contributed by atoms with Gasteiger partial charge in [0.15, 0.2) is 17.3 Å². The zero-order valence-electron chi connectivity index (χ0n) is 15.9. The first-order chi connectivity index (χ1) is 13.0. The standard InChI is InChI=1S/C20H26N2O5/c1-4-5-10-26-16-9-8-15(12-18(16)25-3)13-21-19(23)14(2)22-20(24)17-7-6-11-27-17/h6-9,11-12,14H,4-5,10,13H2,1-3H3,(H,21,23)(H,22,24). The fourth-order valence-electron chi connectivity index (χ4n) is 2.35. The van der Waals surface area contributed by atoms with Crippen LogP contribution < -0.4 is 20.1 Å². The molecule has 2 aromatic rings. The lowest BCUT2D eigenvalue weighted by Crippen LogP contribution is -2.44. The van der Waals surface area contributed by atoms with Gasteiger partial charge < -0.3 is 24.5 Å². The topological polar surface area (TPSA) is 89.8 Å². The maximum Gasteiger partial charge on any atom is 0.287 e. The molecule has 146 valence electrons. The van der Waals surface area contributed by atoms with Crippen LogP contribution >= 0.6 is 0 Å². The van der Waals surface area contributed by atoms with E-state index in [0.29, 0.717) is 24.7 Å². The minimum Gasteiger partial charge on any atom is -0.493 e. The number of hydrogen-bond acceptors (Lipinski definition) is 5. The first-order valence-electron chi connectivity index (χ1n) is 8.97. The monoisotopic (exact) mass is 374 g/mol. The molecule has 1 aromatic carbocycles. The van der Waals surface area contributed by atoms with Gasteiger partial charge in [-0.05, 0) is 43.2 Å². The minimum atomic E-state index is -0.693. The molecule has 0 aliphatic rings. The summed E-state index contributed by atoms with van der Waals surface area (Å²) in [5.41, 5.74) is 0.868. The predicted octanol–water partition coefficient (Wildman–Crippen LogP) is 2.90. The number of methoxy groups -OCH3 is 1. The number of unbranched alkanes of at least 4 members (excludes halogenated alkanes) is 1. The molecule has 0 radical (unpaired) electrons. The van der Waals surface area contributed by atoms with Crippen molar-refractivity contribution in [2.45, 2.75) is 39.3 Å². The number of benzene rings is 1. The third-order valence-corrected chi connectivity index (χ3v) is 3.94. The molecular weight excluding hydrogens is 348 g/mol. The fraction of sp³-hybridized carbons (Fsp3) is 0.400. The van der Waals surface area contributed by atoms with Crippen molar-refractivity contribution >= 4 is 11.8 Å². The molecule has 0 fully saturated rings. The Morgan fingerprint density at radius 3 is 2.70 bits per heavy atom. The highest BCUT2D eigenvalue weighted by molar-refractivity contribution is 5.95. The number of ether oxygens (including phenoxy) is 2. The summed E-state index contributed by atoms with van der Waals surface area (Å²) in [4.78, 5) is 24.1. The maximum absolute atomic E-state index is 12.2. The van der Waals surface area contributed by atoms with E-state index in [0.717, 1.165) is 18.4 Å². The van der Waals surface area contributed by atoms with E-state index in [1.165, 1.54) is 12.3 Å². The largest absolute Gasteiger partial charge is 0.493 e. The van der Waals surface area contributed by atoms with E-state index in [1.54, 1.807) is 20.1 Å². The van der Waals surface area contributed by atoms with Crippen molar-refractivity contribution in [1.29, 1.82) is 0 Å². The van der Waals surface area contributed by atoms with Gasteiger partial charge in [0.2, 0.25) is 5.91 Å². The molecule has 0 spiro atoms. The Labute approximate surface area is 159 Å². The average Bonchev–Trinajstić information content (AvgIpc) is 3.21. The molecule has 7 heteroatoms. The molecule has 1 atom stereocenters. The summed E-state index contributed by atoms with van der Waals surface area (Å²) in [5.74, 6) is 0.741. The molecule has 0 aliphatic heterocycles. The van der Waals surface area contributed by atoms with Gasteiger partial charge in [-0.25, -0.2) is 0 Å². The van der Waals surface area contributed by atoms with E-state index in [9.17, 15) is 9.59 Å². The van der Waals surface area contributed by atoms with Gasteiger partial charge in [-0.3, -0.25) is 9.59 Å². The maximum atomic E-state index is 12.2. The molecule has 0 saturated carbocycles. The van der Waals surface area contributed by atoms with Crippen LogP contribution in [0.15, 0.2) is 41.0 Å². The first kappa shape index (κ1) is 20.4. The zero-order valence-corrected chi connectivity index (χ0v) is 15.9. The number of furan rings is 1. The Hall–Kier alpha value is -2.96. The molecule has 1 heterocycles. The van der Waals surface area contributed by atoms with E-state index in [1.807, 2.05) is 18.2 Å². The van der Waals surface area contributed by atoms with Crippen LogP contribution in [0.5, 0.6) is 11.5 Å². The lowest BCUT2D eigenvalue weighted by molar-refractivity contribution is -0.122. The summed E-state index contributed by atoms with van der Waals surface area (Å²) < 4.78 is 16.1.